The van der Waals surface area contributed by atoms with E-state index in [9.17, 15) is 31.5 Å². The van der Waals surface area contributed by atoms with Gasteiger partial charge in [0.05, 0.1) is 23.4 Å². The van der Waals surface area contributed by atoms with Crippen LogP contribution in [0.5, 0.6) is 11.5 Å². The van der Waals surface area contributed by atoms with E-state index in [0.717, 1.165) is 12.1 Å². The number of amides is 1. The molecule has 0 saturated carbocycles. The summed E-state index contributed by atoms with van der Waals surface area (Å²) in [6, 6.07) is 11.8. The van der Waals surface area contributed by atoms with E-state index in [1.54, 1.807) is 62.2 Å². The molecule has 0 aliphatic rings. The number of aryl methyl sites for hydroxylation is 1. The number of carbonyl (C=O) groups is 1. The van der Waals surface area contributed by atoms with Gasteiger partial charge < -0.3 is 19.4 Å². The summed E-state index contributed by atoms with van der Waals surface area (Å²) in [7, 11) is 1.61. The maximum Gasteiger partial charge on any atom is 0.573 e. The first kappa shape index (κ1) is 29.6. The lowest BCUT2D eigenvalue weighted by molar-refractivity contribution is -0.274. The molecule has 1 amide bonds. The minimum Gasteiger partial charge on any atom is -0.484 e. The summed E-state index contributed by atoms with van der Waals surface area (Å²) in [6.45, 7) is 3.85. The first-order valence-electron chi connectivity index (χ1n) is 12.5. The highest BCUT2D eigenvalue weighted by Crippen LogP contribution is 2.33. The molecule has 4 rings (SSSR count). The number of rotatable bonds is 9. The molecule has 0 fully saturated rings. The van der Waals surface area contributed by atoms with Crippen LogP contribution < -0.4 is 20.3 Å². The SMILES string of the molecule is CC(C)C(NC(=O)C(C)(F)F)C(Oc1ccc2c(cnn2-c2ccc(=O)n(C)c2)c1)c1ccc(OC(F)(F)F)cc1. The average molecular weight is 579 g/mol. The number of hydrogen-bond donors (Lipinski definition) is 1. The molecule has 0 aliphatic carbocycles. The largest absolute Gasteiger partial charge is 0.573 e. The van der Waals surface area contributed by atoms with E-state index < -0.39 is 42.0 Å². The second-order valence-corrected chi connectivity index (χ2v) is 9.90. The Labute approximate surface area is 231 Å². The van der Waals surface area contributed by atoms with Gasteiger partial charge in [-0.15, -0.1) is 13.2 Å². The van der Waals surface area contributed by atoms with E-state index in [1.807, 2.05) is 0 Å². The van der Waals surface area contributed by atoms with Crippen LogP contribution in [0, 0.1) is 5.92 Å². The Kier molecular flexibility index (Phi) is 8.09. The van der Waals surface area contributed by atoms with Gasteiger partial charge in [-0.25, -0.2) is 4.68 Å². The van der Waals surface area contributed by atoms with Crippen molar-refractivity contribution in [3.8, 4) is 17.2 Å². The van der Waals surface area contributed by atoms with Crippen LogP contribution in [0.3, 0.4) is 0 Å². The number of benzene rings is 2. The van der Waals surface area contributed by atoms with E-state index in [1.165, 1.54) is 22.8 Å². The van der Waals surface area contributed by atoms with E-state index in [0.29, 0.717) is 34.8 Å². The highest BCUT2D eigenvalue weighted by Gasteiger charge is 2.38. The van der Waals surface area contributed by atoms with Crippen LogP contribution in [0.1, 0.15) is 32.4 Å². The number of aromatic nitrogens is 3. The van der Waals surface area contributed by atoms with Gasteiger partial charge in [0, 0.05) is 31.6 Å². The number of nitrogens with zero attached hydrogens (tertiary/aromatic N) is 3. The molecule has 0 aliphatic heterocycles. The summed E-state index contributed by atoms with van der Waals surface area (Å²) in [5.74, 6) is -5.79. The Morgan fingerprint density at radius 1 is 0.976 bits per heavy atom. The second kappa shape index (κ2) is 11.2. The van der Waals surface area contributed by atoms with Crippen molar-refractivity contribution in [2.24, 2.45) is 13.0 Å². The van der Waals surface area contributed by atoms with Gasteiger partial charge in [-0.1, -0.05) is 26.0 Å². The fourth-order valence-corrected chi connectivity index (χ4v) is 4.22. The second-order valence-electron chi connectivity index (χ2n) is 9.90. The first-order valence-corrected chi connectivity index (χ1v) is 12.5. The number of alkyl halides is 5. The van der Waals surface area contributed by atoms with Crippen LogP contribution in [0.4, 0.5) is 22.0 Å². The smallest absolute Gasteiger partial charge is 0.484 e. The minimum absolute atomic E-state index is 0.183. The average Bonchev–Trinajstić information content (AvgIpc) is 3.30. The van der Waals surface area contributed by atoms with Crippen LogP contribution in [0.2, 0.25) is 0 Å². The van der Waals surface area contributed by atoms with Crippen molar-refractivity contribution in [2.45, 2.75) is 45.2 Å². The lowest BCUT2D eigenvalue weighted by atomic mass is 9.92. The van der Waals surface area contributed by atoms with Crippen molar-refractivity contribution in [3.63, 3.8) is 0 Å². The summed E-state index contributed by atoms with van der Waals surface area (Å²) in [5, 5.41) is 7.36. The van der Waals surface area contributed by atoms with Crippen LogP contribution >= 0.6 is 0 Å². The van der Waals surface area contributed by atoms with Gasteiger partial charge in [0.2, 0.25) is 5.56 Å². The van der Waals surface area contributed by atoms with Crippen molar-refractivity contribution < 1.29 is 36.2 Å². The summed E-state index contributed by atoms with van der Waals surface area (Å²) in [6.07, 6.45) is -2.77. The Morgan fingerprint density at radius 2 is 1.63 bits per heavy atom. The highest BCUT2D eigenvalue weighted by atomic mass is 19.4. The van der Waals surface area contributed by atoms with E-state index in [2.05, 4.69) is 15.2 Å². The summed E-state index contributed by atoms with van der Waals surface area (Å²) >= 11 is 0. The lowest BCUT2D eigenvalue weighted by Crippen LogP contribution is -2.49. The van der Waals surface area contributed by atoms with Crippen molar-refractivity contribution in [1.29, 1.82) is 0 Å². The molecule has 218 valence electrons. The van der Waals surface area contributed by atoms with Crippen LogP contribution in [-0.2, 0) is 11.8 Å². The molecule has 2 heterocycles. The number of ether oxygens (including phenoxy) is 2. The van der Waals surface area contributed by atoms with Gasteiger partial charge in [0.15, 0.2) is 0 Å². The van der Waals surface area contributed by atoms with Gasteiger partial charge in [-0.05, 0) is 47.9 Å². The molecule has 2 unspecified atom stereocenters. The van der Waals surface area contributed by atoms with E-state index >= 15 is 0 Å². The molecule has 2 aromatic heterocycles. The standard InChI is InChI=1S/C28H27F5N4O4/c1-16(2)24(35-26(39)27(3,29)30)25(17-5-8-20(9-6-17)41-28(31,32)33)40-21-10-11-22-18(13-21)14-34-37(22)19-7-12-23(38)36(4)15-19/h5-16,24-25H,1-4H3,(H,35,39). The van der Waals surface area contributed by atoms with Crippen LogP contribution in [0.15, 0.2) is 71.8 Å². The van der Waals surface area contributed by atoms with Gasteiger partial charge in [0.25, 0.3) is 5.91 Å². The molecule has 41 heavy (non-hydrogen) atoms. The molecular formula is C28H27F5N4O4. The van der Waals surface area contributed by atoms with E-state index in [4.69, 9.17) is 4.74 Å². The fraction of sp³-hybridized carbons (Fsp3) is 0.321. The van der Waals surface area contributed by atoms with Crippen LogP contribution in [-0.4, -0.2) is 38.6 Å². The molecule has 2 atom stereocenters. The lowest BCUT2D eigenvalue weighted by Gasteiger charge is -2.32. The van der Waals surface area contributed by atoms with Gasteiger partial charge >= 0.3 is 12.3 Å². The summed E-state index contributed by atoms with van der Waals surface area (Å²) in [4.78, 5) is 24.0. The Bertz CT molecular complexity index is 1590. The predicted molar refractivity (Wildman–Crippen MR) is 140 cm³/mol. The number of pyridine rings is 1. The number of fused-ring (bicyclic) bond motifs is 1. The predicted octanol–water partition coefficient (Wildman–Crippen LogP) is 5.54. The maximum absolute atomic E-state index is 13.8. The normalized spacial score (nSPS) is 13.7. The van der Waals surface area contributed by atoms with Gasteiger partial charge in [-0.2, -0.15) is 13.9 Å². The maximum atomic E-state index is 13.8. The molecule has 0 bridgehead atoms. The molecule has 13 heteroatoms. The third-order valence-electron chi connectivity index (χ3n) is 6.30. The molecular weight excluding hydrogens is 551 g/mol. The third-order valence-corrected chi connectivity index (χ3v) is 6.30. The molecule has 2 aromatic carbocycles. The molecule has 0 spiro atoms. The number of halogens is 5. The molecule has 4 aromatic rings. The number of hydrogen-bond acceptors (Lipinski definition) is 5. The number of nitrogens with one attached hydrogen (secondary N) is 1. The van der Waals surface area contributed by atoms with Crippen molar-refractivity contribution in [3.05, 3.63) is 82.9 Å². The topological polar surface area (TPSA) is 87.4 Å². The van der Waals surface area contributed by atoms with Gasteiger partial charge in [0.1, 0.15) is 17.6 Å². The van der Waals surface area contributed by atoms with Crippen molar-refractivity contribution in [2.75, 3.05) is 0 Å². The number of carbonyl (C=O) groups excluding carboxylic acids is 1. The fourth-order valence-electron chi connectivity index (χ4n) is 4.22. The zero-order chi connectivity index (χ0) is 30.1. The zero-order valence-electron chi connectivity index (χ0n) is 22.4. The molecule has 8 nitrogen and oxygen atoms in total. The van der Waals surface area contributed by atoms with E-state index in [-0.39, 0.29) is 5.56 Å². The summed E-state index contributed by atoms with van der Waals surface area (Å²) < 4.78 is 78.8. The highest BCUT2D eigenvalue weighted by molar-refractivity contribution is 5.83. The minimum atomic E-state index is -4.90. The quantitative estimate of drug-likeness (QED) is 0.264. The molecule has 0 saturated heterocycles. The van der Waals surface area contributed by atoms with Crippen molar-refractivity contribution >= 4 is 16.8 Å². The summed E-state index contributed by atoms with van der Waals surface area (Å²) in [5.41, 5.74) is 1.45. The zero-order valence-corrected chi connectivity index (χ0v) is 22.4. The van der Waals surface area contributed by atoms with Crippen LogP contribution in [0.25, 0.3) is 16.6 Å². The Morgan fingerprint density at radius 3 is 2.22 bits per heavy atom. The Balaban J connectivity index is 1.71. The third kappa shape index (κ3) is 7.02. The monoisotopic (exact) mass is 578 g/mol. The molecule has 0 radical (unpaired) electrons. The van der Waals surface area contributed by atoms with Crippen molar-refractivity contribution in [1.82, 2.24) is 19.7 Å². The van der Waals surface area contributed by atoms with Gasteiger partial charge in [-0.3, -0.25) is 9.59 Å². The Hall–Kier alpha value is -4.42. The first-order chi connectivity index (χ1) is 19.1. The molecule has 1 N–H and O–H groups in total.